The van der Waals surface area contributed by atoms with E-state index in [0.29, 0.717) is 10.3 Å². The van der Waals surface area contributed by atoms with E-state index in [4.69, 9.17) is 8.83 Å². The van der Waals surface area contributed by atoms with E-state index in [9.17, 15) is 9.59 Å². The predicted octanol–water partition coefficient (Wildman–Crippen LogP) is 3.60. The number of furan rings is 2. The van der Waals surface area contributed by atoms with Crippen molar-refractivity contribution in [3.63, 3.8) is 0 Å². The summed E-state index contributed by atoms with van der Waals surface area (Å²) in [5, 5.41) is 24.1. The fraction of sp³-hybridized carbons (Fsp3) is 0.222. The van der Waals surface area contributed by atoms with Gasteiger partial charge in [-0.3, -0.25) is 20.2 Å². The van der Waals surface area contributed by atoms with Gasteiger partial charge in [0.15, 0.2) is 11.5 Å². The number of hydrogen-bond acceptors (Lipinski definition) is 11. The maximum absolute atomic E-state index is 11.9. The summed E-state index contributed by atoms with van der Waals surface area (Å²) in [4.78, 5) is 23.9. The van der Waals surface area contributed by atoms with Gasteiger partial charge in [-0.2, -0.15) is 11.8 Å². The molecule has 4 rings (SSSR count). The van der Waals surface area contributed by atoms with E-state index >= 15 is 0 Å². The van der Waals surface area contributed by atoms with E-state index in [2.05, 4.69) is 31.0 Å². The van der Waals surface area contributed by atoms with Gasteiger partial charge in [0, 0.05) is 12.8 Å². The van der Waals surface area contributed by atoms with Crippen molar-refractivity contribution < 1.29 is 18.4 Å². The van der Waals surface area contributed by atoms with Crippen molar-refractivity contribution in [1.82, 2.24) is 20.4 Å². The molecule has 2 N–H and O–H groups in total. The third-order valence-corrected chi connectivity index (χ3v) is 6.57. The van der Waals surface area contributed by atoms with E-state index in [1.54, 1.807) is 36.0 Å². The molecule has 0 spiro atoms. The Morgan fingerprint density at radius 2 is 1.29 bits per heavy atom. The summed E-state index contributed by atoms with van der Waals surface area (Å²) in [6, 6.07) is 6.47. The minimum Gasteiger partial charge on any atom is -0.459 e. The summed E-state index contributed by atoms with van der Waals surface area (Å²) in [5.41, 5.74) is 0. The number of nitrogens with zero attached hydrogens (tertiary/aromatic N) is 4. The SMILES string of the molecule is O=C(Nc1nnc(CCSCCc2nnc(NC(=O)c3ccco3)s2)s1)c1ccco1. The molecule has 0 aliphatic carbocycles. The Labute approximate surface area is 188 Å². The average Bonchev–Trinajstić information content (AvgIpc) is 3.55. The van der Waals surface area contributed by atoms with Crippen molar-refractivity contribution in [1.29, 1.82) is 0 Å². The molecule has 0 fully saturated rings. The topological polar surface area (TPSA) is 136 Å². The summed E-state index contributed by atoms with van der Waals surface area (Å²) < 4.78 is 10.1. The van der Waals surface area contributed by atoms with Crippen LogP contribution in [0.4, 0.5) is 10.3 Å². The summed E-state index contributed by atoms with van der Waals surface area (Å²) in [6.45, 7) is 0. The van der Waals surface area contributed by atoms with Crippen molar-refractivity contribution in [3.05, 3.63) is 58.3 Å². The molecule has 0 unspecified atom stereocenters. The second kappa shape index (κ2) is 10.3. The average molecular weight is 477 g/mol. The molecule has 0 saturated heterocycles. The Kier molecular flexibility index (Phi) is 7.07. The number of carbonyl (C=O) groups excluding carboxylic acids is 2. The normalized spacial score (nSPS) is 10.8. The minimum atomic E-state index is -0.348. The van der Waals surface area contributed by atoms with E-state index < -0.39 is 0 Å². The molecule has 31 heavy (non-hydrogen) atoms. The number of rotatable bonds is 10. The first-order valence-electron chi connectivity index (χ1n) is 9.09. The van der Waals surface area contributed by atoms with E-state index in [0.717, 1.165) is 34.4 Å². The van der Waals surface area contributed by atoms with Crippen molar-refractivity contribution in [3.8, 4) is 0 Å². The maximum atomic E-state index is 11.9. The first-order chi connectivity index (χ1) is 15.2. The quantitative estimate of drug-likeness (QED) is 0.329. The molecule has 2 amide bonds. The highest BCUT2D eigenvalue weighted by molar-refractivity contribution is 7.99. The van der Waals surface area contributed by atoms with Gasteiger partial charge in [-0.1, -0.05) is 22.7 Å². The second-order valence-electron chi connectivity index (χ2n) is 5.98. The molecule has 0 bridgehead atoms. The van der Waals surface area contributed by atoms with Crippen LogP contribution in [0.15, 0.2) is 45.6 Å². The molecule has 4 aromatic rings. The van der Waals surface area contributed by atoms with Crippen molar-refractivity contribution in [2.45, 2.75) is 12.8 Å². The number of aromatic nitrogens is 4. The van der Waals surface area contributed by atoms with Gasteiger partial charge in [0.2, 0.25) is 10.3 Å². The number of anilines is 2. The Balaban J connectivity index is 1.14. The largest absolute Gasteiger partial charge is 0.459 e. The lowest BCUT2D eigenvalue weighted by Gasteiger charge is -1.98. The van der Waals surface area contributed by atoms with Crippen molar-refractivity contribution in [2.75, 3.05) is 22.1 Å². The molecular formula is C18H16N6O4S3. The molecule has 0 saturated carbocycles. The Morgan fingerprint density at radius 3 is 1.71 bits per heavy atom. The summed E-state index contributed by atoms with van der Waals surface area (Å²) in [5.74, 6) is 1.49. The number of amides is 2. The molecule has 0 aliphatic rings. The minimum absolute atomic E-state index is 0.229. The molecule has 4 heterocycles. The van der Waals surface area contributed by atoms with Crippen LogP contribution in [0.25, 0.3) is 0 Å². The number of carbonyl (C=O) groups is 2. The highest BCUT2D eigenvalue weighted by Crippen LogP contribution is 2.20. The van der Waals surface area contributed by atoms with Gasteiger partial charge in [-0.15, -0.1) is 20.4 Å². The van der Waals surface area contributed by atoms with Crippen LogP contribution in [0.2, 0.25) is 0 Å². The van der Waals surface area contributed by atoms with Gasteiger partial charge >= 0.3 is 0 Å². The van der Waals surface area contributed by atoms with Crippen LogP contribution in [0.1, 0.15) is 31.1 Å². The Morgan fingerprint density at radius 1 is 0.806 bits per heavy atom. The van der Waals surface area contributed by atoms with Gasteiger partial charge < -0.3 is 8.83 Å². The van der Waals surface area contributed by atoms with Crippen LogP contribution in [0.5, 0.6) is 0 Å². The Hall–Kier alpha value is -3.03. The van der Waals surface area contributed by atoms with Crippen molar-refractivity contribution in [2.24, 2.45) is 0 Å². The fourth-order valence-corrected chi connectivity index (χ4v) is 4.97. The smallest absolute Gasteiger partial charge is 0.293 e. The number of nitrogens with one attached hydrogen (secondary N) is 2. The van der Waals surface area contributed by atoms with E-state index in [1.807, 2.05) is 0 Å². The van der Waals surface area contributed by atoms with Crippen LogP contribution in [-0.2, 0) is 12.8 Å². The predicted molar refractivity (Wildman–Crippen MR) is 118 cm³/mol. The van der Waals surface area contributed by atoms with Gasteiger partial charge in [0.1, 0.15) is 10.0 Å². The number of hydrogen-bond donors (Lipinski definition) is 2. The van der Waals surface area contributed by atoms with Crippen molar-refractivity contribution >= 4 is 56.5 Å². The molecular weight excluding hydrogens is 460 g/mol. The lowest BCUT2D eigenvalue weighted by molar-refractivity contribution is 0.0989. The number of aryl methyl sites for hydroxylation is 2. The van der Waals surface area contributed by atoms with Crippen LogP contribution in [0.3, 0.4) is 0 Å². The zero-order valence-electron chi connectivity index (χ0n) is 15.9. The zero-order chi connectivity index (χ0) is 21.5. The standard InChI is InChI=1S/C18H16N6O4S3/c25-15(11-3-1-7-27-11)19-17-23-21-13(30-17)5-9-29-10-6-14-22-24-18(31-14)20-16(26)12-4-2-8-28-12/h1-4,7-8H,5-6,9-10H2,(H,19,23,25)(H,20,24,26). The second-order valence-corrected chi connectivity index (χ2v) is 9.33. The van der Waals surface area contributed by atoms with Crippen LogP contribution < -0.4 is 10.6 Å². The summed E-state index contributed by atoms with van der Waals surface area (Å²) in [6.07, 6.45) is 4.38. The zero-order valence-corrected chi connectivity index (χ0v) is 18.4. The number of thioether (sulfide) groups is 1. The monoisotopic (exact) mass is 476 g/mol. The van der Waals surface area contributed by atoms with Gasteiger partial charge in [-0.25, -0.2) is 0 Å². The fourth-order valence-electron chi connectivity index (χ4n) is 2.36. The van der Waals surface area contributed by atoms with Crippen LogP contribution >= 0.6 is 34.4 Å². The van der Waals surface area contributed by atoms with Gasteiger partial charge in [-0.05, 0) is 35.8 Å². The van der Waals surface area contributed by atoms with Gasteiger partial charge in [0.25, 0.3) is 11.8 Å². The molecule has 0 atom stereocenters. The first kappa shape index (κ1) is 21.2. The molecule has 4 aromatic heterocycles. The molecule has 0 aliphatic heterocycles. The third-order valence-electron chi connectivity index (χ3n) is 3.79. The summed E-state index contributed by atoms with van der Waals surface area (Å²) >= 11 is 4.45. The Bertz CT molecular complexity index is 1030. The third kappa shape index (κ3) is 5.99. The van der Waals surface area contributed by atoms with E-state index in [-0.39, 0.29) is 23.3 Å². The molecule has 0 aromatic carbocycles. The lowest BCUT2D eigenvalue weighted by atomic mass is 10.4. The van der Waals surface area contributed by atoms with E-state index in [1.165, 1.54) is 35.2 Å². The van der Waals surface area contributed by atoms with Gasteiger partial charge in [0.05, 0.1) is 12.5 Å². The van der Waals surface area contributed by atoms with Crippen LogP contribution in [-0.4, -0.2) is 43.7 Å². The van der Waals surface area contributed by atoms with Crippen LogP contribution in [0, 0.1) is 0 Å². The summed E-state index contributed by atoms with van der Waals surface area (Å²) in [7, 11) is 0. The lowest BCUT2D eigenvalue weighted by Crippen LogP contribution is -2.10. The maximum Gasteiger partial charge on any atom is 0.293 e. The highest BCUT2D eigenvalue weighted by Gasteiger charge is 2.13. The molecule has 10 nitrogen and oxygen atoms in total. The molecule has 0 radical (unpaired) electrons. The highest BCUT2D eigenvalue weighted by atomic mass is 32.2. The molecule has 13 heteroatoms. The molecule has 160 valence electrons. The first-order valence-corrected chi connectivity index (χ1v) is 11.9.